The maximum atomic E-state index is 12.0. The second-order valence-corrected chi connectivity index (χ2v) is 5.28. The highest BCUT2D eigenvalue weighted by atomic mass is 16.7. The van der Waals surface area contributed by atoms with Crippen molar-refractivity contribution in [2.45, 2.75) is 6.54 Å². The van der Waals surface area contributed by atoms with Crippen molar-refractivity contribution < 1.29 is 23.2 Å². The molecule has 0 saturated carbocycles. The van der Waals surface area contributed by atoms with E-state index in [0.717, 1.165) is 11.8 Å². The van der Waals surface area contributed by atoms with Gasteiger partial charge in [-0.25, -0.2) is 4.79 Å². The second kappa shape index (κ2) is 6.16. The van der Waals surface area contributed by atoms with Crippen LogP contribution in [0.15, 0.2) is 56.4 Å². The number of fused-ring (bicyclic) bond motifs is 1. The fraction of sp³-hybridized carbons (Fsp3) is 0.118. The van der Waals surface area contributed by atoms with Gasteiger partial charge in [-0.2, -0.15) is 0 Å². The molecule has 2 aromatic heterocycles. The van der Waals surface area contributed by atoms with Gasteiger partial charge >= 0.3 is 5.63 Å². The molecule has 0 bridgehead atoms. The van der Waals surface area contributed by atoms with Gasteiger partial charge in [0.25, 0.3) is 5.91 Å². The first kappa shape index (κ1) is 15.0. The lowest BCUT2D eigenvalue weighted by atomic mass is 10.1. The standard InChI is InChI=1S/C17H12N2O6/c20-16-4-2-11(8-22-16)17(21)18-7-12-6-14(25-19-12)10-1-3-13-15(5-10)24-9-23-13/h1-6,8H,7,9H2,(H,18,21). The van der Waals surface area contributed by atoms with Gasteiger partial charge in [-0.15, -0.1) is 0 Å². The van der Waals surface area contributed by atoms with E-state index in [-0.39, 0.29) is 24.8 Å². The van der Waals surface area contributed by atoms with Crippen LogP contribution in [0, 0.1) is 0 Å². The minimum absolute atomic E-state index is 0.173. The van der Waals surface area contributed by atoms with Gasteiger partial charge in [0.15, 0.2) is 17.3 Å². The molecule has 4 rings (SSSR count). The molecule has 1 amide bonds. The third kappa shape index (κ3) is 3.09. The Morgan fingerprint density at radius 1 is 1.12 bits per heavy atom. The molecule has 3 aromatic rings. The maximum Gasteiger partial charge on any atom is 0.335 e. The molecule has 1 N–H and O–H groups in total. The van der Waals surface area contributed by atoms with E-state index >= 15 is 0 Å². The van der Waals surface area contributed by atoms with Crippen LogP contribution in [0.3, 0.4) is 0 Å². The van der Waals surface area contributed by atoms with Crippen LogP contribution in [0.2, 0.25) is 0 Å². The van der Waals surface area contributed by atoms with Crippen LogP contribution in [-0.4, -0.2) is 17.9 Å². The number of nitrogens with one attached hydrogen (secondary N) is 1. The van der Waals surface area contributed by atoms with Crippen LogP contribution in [0.1, 0.15) is 16.1 Å². The molecule has 1 aliphatic heterocycles. The first-order valence-electron chi connectivity index (χ1n) is 7.42. The molecule has 0 fully saturated rings. The second-order valence-electron chi connectivity index (χ2n) is 5.28. The SMILES string of the molecule is O=C(NCc1cc(-c2ccc3c(c2)OCO3)on1)c1ccc(=O)oc1. The third-order valence-electron chi connectivity index (χ3n) is 3.61. The highest BCUT2D eigenvalue weighted by Crippen LogP contribution is 2.35. The lowest BCUT2D eigenvalue weighted by molar-refractivity contribution is 0.0947. The highest BCUT2D eigenvalue weighted by Gasteiger charge is 2.16. The molecular formula is C17H12N2O6. The summed E-state index contributed by atoms with van der Waals surface area (Å²) in [5.41, 5.74) is 1.08. The molecule has 1 aliphatic rings. The summed E-state index contributed by atoms with van der Waals surface area (Å²) in [6.45, 7) is 0.373. The Bertz CT molecular complexity index is 970. The van der Waals surface area contributed by atoms with E-state index in [1.54, 1.807) is 18.2 Å². The molecular weight excluding hydrogens is 328 g/mol. The van der Waals surface area contributed by atoms with Gasteiger partial charge in [-0.1, -0.05) is 5.16 Å². The summed E-state index contributed by atoms with van der Waals surface area (Å²) in [5, 5.41) is 6.60. The maximum absolute atomic E-state index is 12.0. The average molecular weight is 340 g/mol. The van der Waals surface area contributed by atoms with Gasteiger partial charge in [-0.05, 0) is 24.3 Å². The predicted molar refractivity (Wildman–Crippen MR) is 84.2 cm³/mol. The van der Waals surface area contributed by atoms with Gasteiger partial charge < -0.3 is 23.7 Å². The van der Waals surface area contributed by atoms with Gasteiger partial charge in [0.05, 0.1) is 12.1 Å². The fourth-order valence-electron chi connectivity index (χ4n) is 2.34. The summed E-state index contributed by atoms with van der Waals surface area (Å²) < 4.78 is 20.6. The summed E-state index contributed by atoms with van der Waals surface area (Å²) >= 11 is 0. The minimum atomic E-state index is -0.513. The lowest BCUT2D eigenvalue weighted by Crippen LogP contribution is -2.23. The van der Waals surface area contributed by atoms with Crippen LogP contribution < -0.4 is 20.4 Å². The van der Waals surface area contributed by atoms with E-state index in [1.165, 1.54) is 12.1 Å². The van der Waals surface area contributed by atoms with Crippen LogP contribution in [0.5, 0.6) is 11.5 Å². The molecule has 8 nitrogen and oxygen atoms in total. The van der Waals surface area contributed by atoms with E-state index < -0.39 is 5.63 Å². The van der Waals surface area contributed by atoms with E-state index in [9.17, 15) is 9.59 Å². The Kier molecular flexibility index (Phi) is 3.70. The van der Waals surface area contributed by atoms with Gasteiger partial charge in [0, 0.05) is 17.7 Å². The Balaban J connectivity index is 1.44. The van der Waals surface area contributed by atoms with E-state index in [4.69, 9.17) is 14.0 Å². The van der Waals surface area contributed by atoms with Crippen LogP contribution in [0.25, 0.3) is 11.3 Å². The average Bonchev–Trinajstić information content (AvgIpc) is 3.28. The zero-order chi connectivity index (χ0) is 17.2. The number of hydrogen-bond acceptors (Lipinski definition) is 7. The normalized spacial score (nSPS) is 12.2. The van der Waals surface area contributed by atoms with E-state index in [2.05, 4.69) is 14.9 Å². The number of carbonyl (C=O) groups is 1. The van der Waals surface area contributed by atoms with Crippen molar-refractivity contribution in [1.29, 1.82) is 0 Å². The van der Waals surface area contributed by atoms with Crippen molar-refractivity contribution in [3.8, 4) is 22.8 Å². The van der Waals surface area contributed by atoms with Crippen molar-refractivity contribution in [1.82, 2.24) is 10.5 Å². The largest absolute Gasteiger partial charge is 0.454 e. The van der Waals surface area contributed by atoms with Crippen molar-refractivity contribution >= 4 is 5.91 Å². The molecule has 0 unspecified atom stereocenters. The fourth-order valence-corrected chi connectivity index (χ4v) is 2.34. The number of amides is 1. The molecule has 0 atom stereocenters. The van der Waals surface area contributed by atoms with Crippen LogP contribution >= 0.6 is 0 Å². The number of carbonyl (C=O) groups excluding carboxylic acids is 1. The lowest BCUT2D eigenvalue weighted by Gasteiger charge is -2.01. The number of hydrogen-bond donors (Lipinski definition) is 1. The molecule has 0 radical (unpaired) electrons. The Labute approximate surface area is 141 Å². The number of benzene rings is 1. The molecule has 1 aromatic carbocycles. The third-order valence-corrected chi connectivity index (χ3v) is 3.61. The zero-order valence-electron chi connectivity index (χ0n) is 12.9. The number of rotatable bonds is 4. The molecule has 126 valence electrons. The monoisotopic (exact) mass is 340 g/mol. The Morgan fingerprint density at radius 2 is 2.00 bits per heavy atom. The first-order valence-corrected chi connectivity index (χ1v) is 7.42. The van der Waals surface area contributed by atoms with Crippen LogP contribution in [0.4, 0.5) is 0 Å². The van der Waals surface area contributed by atoms with Crippen LogP contribution in [-0.2, 0) is 6.54 Å². The molecule has 8 heteroatoms. The van der Waals surface area contributed by atoms with Gasteiger partial charge in [-0.3, -0.25) is 4.79 Å². The van der Waals surface area contributed by atoms with Gasteiger partial charge in [0.1, 0.15) is 12.0 Å². The van der Waals surface area contributed by atoms with Crippen molar-refractivity contribution in [3.05, 3.63) is 64.3 Å². The highest BCUT2D eigenvalue weighted by molar-refractivity contribution is 5.93. The molecule has 3 heterocycles. The number of nitrogens with zero attached hydrogens (tertiary/aromatic N) is 1. The predicted octanol–water partition coefficient (Wildman–Crippen LogP) is 1.95. The number of ether oxygens (including phenoxy) is 2. The summed E-state index contributed by atoms with van der Waals surface area (Å²) in [4.78, 5) is 22.9. The van der Waals surface area contributed by atoms with Gasteiger partial charge in [0.2, 0.25) is 6.79 Å². The summed E-state index contributed by atoms with van der Waals surface area (Å²) in [6.07, 6.45) is 1.11. The Hall–Kier alpha value is -3.55. The molecule has 0 saturated heterocycles. The Morgan fingerprint density at radius 3 is 2.84 bits per heavy atom. The van der Waals surface area contributed by atoms with Crippen molar-refractivity contribution in [2.75, 3.05) is 6.79 Å². The molecule has 25 heavy (non-hydrogen) atoms. The summed E-state index contributed by atoms with van der Waals surface area (Å²) in [6, 6.07) is 9.73. The van der Waals surface area contributed by atoms with E-state index in [1.807, 2.05) is 6.07 Å². The molecule has 0 aliphatic carbocycles. The minimum Gasteiger partial charge on any atom is -0.454 e. The van der Waals surface area contributed by atoms with Crippen molar-refractivity contribution in [2.24, 2.45) is 0 Å². The van der Waals surface area contributed by atoms with Crippen molar-refractivity contribution in [3.63, 3.8) is 0 Å². The molecule has 0 spiro atoms. The summed E-state index contributed by atoms with van der Waals surface area (Å²) in [5.74, 6) is 1.50. The summed E-state index contributed by atoms with van der Waals surface area (Å²) in [7, 11) is 0. The van der Waals surface area contributed by atoms with E-state index in [0.29, 0.717) is 23.0 Å². The first-order chi connectivity index (χ1) is 12.2. The quantitative estimate of drug-likeness (QED) is 0.774. The smallest absolute Gasteiger partial charge is 0.335 e. The number of aromatic nitrogens is 1. The zero-order valence-corrected chi connectivity index (χ0v) is 12.9. The topological polar surface area (TPSA) is 104 Å².